The van der Waals surface area contributed by atoms with E-state index in [1.54, 1.807) is 28.7 Å². The fourth-order valence-electron chi connectivity index (χ4n) is 0.876. The summed E-state index contributed by atoms with van der Waals surface area (Å²) < 4.78 is -0.459. The van der Waals surface area contributed by atoms with Gasteiger partial charge in [0.2, 0.25) is 0 Å². The monoisotopic (exact) mass is 392 g/mol. The maximum atomic E-state index is 10.7. The van der Waals surface area contributed by atoms with Crippen LogP contribution in [0.2, 0.25) is 0 Å². The molecule has 66 valence electrons. The smallest absolute Gasteiger partial charge is 0.314 e. The fourth-order valence-corrected chi connectivity index (χ4v) is 2.04. The molecule has 0 aromatic carbocycles. The molecule has 0 bridgehead atoms. The van der Waals surface area contributed by atoms with Crippen molar-refractivity contribution in [3.8, 4) is 0 Å². The highest BCUT2D eigenvalue weighted by molar-refractivity contribution is 14.1. The molecule has 12 heavy (non-hydrogen) atoms. The van der Waals surface area contributed by atoms with Crippen LogP contribution < -0.4 is 0 Å². The second-order valence-corrected chi connectivity index (χ2v) is 5.40. The van der Waals surface area contributed by atoms with Crippen molar-refractivity contribution in [2.24, 2.45) is 5.92 Å². The Bertz CT molecular complexity index is 268. The van der Waals surface area contributed by atoms with E-state index in [2.05, 4.69) is 0 Å². The molecule has 0 radical (unpaired) electrons. The van der Waals surface area contributed by atoms with Gasteiger partial charge in [0.25, 0.3) is 0 Å². The topological polar surface area (TPSA) is 57.5 Å². The summed E-state index contributed by atoms with van der Waals surface area (Å²) in [6.07, 6.45) is 4.73. The first-order chi connectivity index (χ1) is 5.43. The van der Waals surface area contributed by atoms with Crippen LogP contribution in [0, 0.1) is 5.92 Å². The van der Waals surface area contributed by atoms with Gasteiger partial charge in [-0.3, -0.25) is 4.79 Å². The van der Waals surface area contributed by atoms with Gasteiger partial charge >= 0.3 is 5.97 Å². The normalized spacial score (nSPS) is 34.6. The number of hydrogen-bond donors (Lipinski definition) is 2. The van der Waals surface area contributed by atoms with Crippen LogP contribution in [0.4, 0.5) is 0 Å². The Kier molecular flexibility index (Phi) is 3.16. The number of alkyl halides is 1. The van der Waals surface area contributed by atoms with Gasteiger partial charge in [0.05, 0.1) is 0 Å². The zero-order valence-corrected chi connectivity index (χ0v) is 10.2. The third kappa shape index (κ3) is 2.19. The molecule has 1 aliphatic carbocycles. The first kappa shape index (κ1) is 10.5. The molecule has 0 amide bonds. The third-order valence-corrected chi connectivity index (χ3v) is 3.25. The second kappa shape index (κ2) is 3.62. The Hall–Kier alpha value is 0.370. The summed E-state index contributed by atoms with van der Waals surface area (Å²) in [4.78, 5) is 10.7. The van der Waals surface area contributed by atoms with E-state index in [0.29, 0.717) is 0 Å². The van der Waals surface area contributed by atoms with E-state index >= 15 is 0 Å². The van der Waals surface area contributed by atoms with E-state index in [1.807, 2.05) is 22.6 Å². The van der Waals surface area contributed by atoms with E-state index in [0.717, 1.165) is 3.58 Å². The van der Waals surface area contributed by atoms with Crippen LogP contribution >= 0.6 is 45.2 Å². The first-order valence-electron chi connectivity index (χ1n) is 3.14. The summed E-state index contributed by atoms with van der Waals surface area (Å²) >= 11 is 3.74. The van der Waals surface area contributed by atoms with Gasteiger partial charge in [-0.05, 0) is 57.3 Å². The van der Waals surface area contributed by atoms with Gasteiger partial charge < -0.3 is 10.2 Å². The van der Waals surface area contributed by atoms with Crippen LogP contribution in [-0.4, -0.2) is 19.8 Å². The number of allylic oxidation sites excluding steroid dienone is 2. The molecule has 3 nitrogen and oxygen atoms in total. The first-order valence-corrected chi connectivity index (χ1v) is 5.30. The number of hydrogen-bond acceptors (Lipinski definition) is 2. The number of carbonyl (C=O) groups is 1. The van der Waals surface area contributed by atoms with Gasteiger partial charge in [0.15, 0.2) is 3.61 Å². The Balaban J connectivity index is 2.98. The van der Waals surface area contributed by atoms with E-state index in [-0.39, 0.29) is 0 Å². The van der Waals surface area contributed by atoms with Crippen LogP contribution in [0.3, 0.4) is 0 Å². The lowest BCUT2D eigenvalue weighted by Crippen LogP contribution is -2.35. The SMILES string of the molecule is O=C(O)C1C=C(I)C=CC1(O)I. The lowest BCUT2D eigenvalue weighted by molar-refractivity contribution is -0.142. The Morgan fingerprint density at radius 3 is 2.67 bits per heavy atom. The highest BCUT2D eigenvalue weighted by Crippen LogP contribution is 2.34. The summed E-state index contributed by atoms with van der Waals surface area (Å²) in [6, 6.07) is 0. The lowest BCUT2D eigenvalue weighted by Gasteiger charge is -2.25. The summed E-state index contributed by atoms with van der Waals surface area (Å²) in [6.45, 7) is 0. The number of aliphatic carboxylic acids is 1. The van der Waals surface area contributed by atoms with Crippen LogP contribution in [-0.2, 0) is 4.79 Å². The number of halogens is 2. The van der Waals surface area contributed by atoms with Gasteiger partial charge in [-0.25, -0.2) is 0 Å². The fraction of sp³-hybridized carbons (Fsp3) is 0.286. The molecule has 0 heterocycles. The molecule has 0 saturated carbocycles. The minimum absolute atomic E-state index is 0.835. The molecule has 5 heteroatoms. The summed E-state index contributed by atoms with van der Waals surface area (Å²) in [5.74, 6) is -1.86. The predicted molar refractivity (Wildman–Crippen MR) is 61.3 cm³/mol. The Morgan fingerprint density at radius 2 is 2.25 bits per heavy atom. The minimum Gasteiger partial charge on any atom is -0.481 e. The molecule has 0 aliphatic heterocycles. The molecule has 2 unspecified atom stereocenters. The van der Waals surface area contributed by atoms with Crippen molar-refractivity contribution in [1.82, 2.24) is 0 Å². The highest BCUT2D eigenvalue weighted by atomic mass is 127. The summed E-state index contributed by atoms with van der Waals surface area (Å²) in [5, 5.41) is 18.3. The minimum atomic E-state index is -1.29. The predicted octanol–water partition coefficient (Wildman–Crippen LogP) is 1.70. The molecule has 2 N–H and O–H groups in total. The molecule has 0 aromatic heterocycles. The molecule has 1 rings (SSSR count). The van der Waals surface area contributed by atoms with E-state index < -0.39 is 15.5 Å². The largest absolute Gasteiger partial charge is 0.481 e. The van der Waals surface area contributed by atoms with Gasteiger partial charge in [0, 0.05) is 3.58 Å². The molecule has 0 spiro atoms. The van der Waals surface area contributed by atoms with Gasteiger partial charge in [0.1, 0.15) is 5.92 Å². The zero-order chi connectivity index (χ0) is 9.35. The van der Waals surface area contributed by atoms with E-state index in [9.17, 15) is 9.90 Å². The van der Waals surface area contributed by atoms with Crippen molar-refractivity contribution in [2.45, 2.75) is 3.61 Å². The summed E-state index contributed by atoms with van der Waals surface area (Å²) in [5.41, 5.74) is 0. The molecular weight excluding hydrogens is 386 g/mol. The average Bonchev–Trinajstić information content (AvgIpc) is 1.94. The standard InChI is InChI=1S/C7H6I2O3/c8-4-1-2-7(9,12)5(3-4)6(10)11/h1-3,5,12H,(H,10,11). The van der Waals surface area contributed by atoms with E-state index in [1.165, 1.54) is 12.2 Å². The van der Waals surface area contributed by atoms with Crippen LogP contribution in [0.5, 0.6) is 0 Å². The number of carboxylic acids is 1. The van der Waals surface area contributed by atoms with Gasteiger partial charge in [-0.2, -0.15) is 0 Å². The maximum Gasteiger partial charge on any atom is 0.314 e. The zero-order valence-electron chi connectivity index (χ0n) is 5.87. The summed E-state index contributed by atoms with van der Waals surface area (Å²) in [7, 11) is 0. The van der Waals surface area contributed by atoms with Crippen molar-refractivity contribution in [2.75, 3.05) is 0 Å². The van der Waals surface area contributed by atoms with Gasteiger partial charge in [-0.1, -0.05) is 6.08 Å². The Labute approximate surface area is 96.8 Å². The Morgan fingerprint density at radius 1 is 1.67 bits per heavy atom. The highest BCUT2D eigenvalue weighted by Gasteiger charge is 2.37. The van der Waals surface area contributed by atoms with Crippen molar-refractivity contribution >= 4 is 51.2 Å². The third-order valence-electron chi connectivity index (χ3n) is 1.50. The van der Waals surface area contributed by atoms with Crippen LogP contribution in [0.15, 0.2) is 21.8 Å². The van der Waals surface area contributed by atoms with Crippen molar-refractivity contribution in [3.63, 3.8) is 0 Å². The number of aliphatic hydroxyl groups is 1. The van der Waals surface area contributed by atoms with Crippen LogP contribution in [0.1, 0.15) is 0 Å². The molecule has 1 aliphatic rings. The maximum absolute atomic E-state index is 10.7. The molecular formula is C7H6I2O3. The van der Waals surface area contributed by atoms with Crippen molar-refractivity contribution < 1.29 is 15.0 Å². The molecule has 0 aromatic rings. The molecule has 2 atom stereocenters. The average molecular weight is 392 g/mol. The molecule has 0 saturated heterocycles. The lowest BCUT2D eigenvalue weighted by atomic mass is 9.98. The quantitative estimate of drug-likeness (QED) is 0.528. The second-order valence-electron chi connectivity index (χ2n) is 2.43. The number of carboxylic acid groups (broad SMARTS) is 1. The van der Waals surface area contributed by atoms with Crippen molar-refractivity contribution in [3.05, 3.63) is 21.8 Å². The van der Waals surface area contributed by atoms with Crippen LogP contribution in [0.25, 0.3) is 0 Å². The van der Waals surface area contributed by atoms with Crippen molar-refractivity contribution in [1.29, 1.82) is 0 Å². The van der Waals surface area contributed by atoms with E-state index in [4.69, 9.17) is 5.11 Å². The number of rotatable bonds is 1. The van der Waals surface area contributed by atoms with Gasteiger partial charge in [-0.15, -0.1) is 0 Å². The molecule has 0 fully saturated rings.